The molecule has 1 N–H and O–H groups in total. The van der Waals surface area contributed by atoms with Gasteiger partial charge in [-0.1, -0.05) is 0 Å². The zero-order chi connectivity index (χ0) is 9.35. The molecule has 0 spiro atoms. The maximum absolute atomic E-state index is 12.0. The van der Waals surface area contributed by atoms with Crippen LogP contribution in [0.15, 0.2) is 23.4 Å². The van der Waals surface area contributed by atoms with Gasteiger partial charge < -0.3 is 10.3 Å². The second-order valence-electron chi connectivity index (χ2n) is 2.61. The van der Waals surface area contributed by atoms with Crippen LogP contribution in [0.3, 0.4) is 0 Å². The number of allylic oxidation sites excluding steroid dienone is 3. The van der Waals surface area contributed by atoms with Crippen molar-refractivity contribution in [1.82, 2.24) is 0 Å². The lowest BCUT2D eigenvalue weighted by molar-refractivity contribution is -0.800. The highest BCUT2D eigenvalue weighted by atomic mass is 19.4. The van der Waals surface area contributed by atoms with Crippen LogP contribution in [-0.4, -0.2) is 12.7 Å². The van der Waals surface area contributed by atoms with Crippen molar-refractivity contribution in [1.29, 1.82) is 0 Å². The summed E-state index contributed by atoms with van der Waals surface area (Å²) in [6, 6.07) is 0. The topological polar surface area (TPSA) is 27.5 Å². The van der Waals surface area contributed by atoms with Crippen molar-refractivity contribution in [2.24, 2.45) is 0 Å². The third kappa shape index (κ3) is 1.86. The van der Waals surface area contributed by atoms with E-state index in [1.807, 2.05) is 0 Å². The molecule has 0 bridgehead atoms. The Hall–Kier alpha value is -0.810. The lowest BCUT2D eigenvalue weighted by atomic mass is 10.1. The van der Waals surface area contributed by atoms with E-state index < -0.39 is 11.7 Å². The zero-order valence-corrected chi connectivity index (χ0v) is 6.40. The van der Waals surface area contributed by atoms with Crippen LogP contribution in [0.2, 0.25) is 0 Å². The summed E-state index contributed by atoms with van der Waals surface area (Å²) >= 11 is 0. The molecule has 1 rings (SSSR count). The molecule has 0 amide bonds. The first kappa shape index (κ1) is 9.28. The molecule has 0 aromatic carbocycles. The largest absolute Gasteiger partial charge is 0.629 e. The minimum atomic E-state index is -4.33. The first-order valence-corrected chi connectivity index (χ1v) is 3.40. The monoisotopic (exact) mass is 179 g/mol. The number of hydrogen-bond acceptors (Lipinski definition) is 1. The van der Waals surface area contributed by atoms with Crippen LogP contribution in [0.4, 0.5) is 13.2 Å². The molecule has 1 atom stereocenters. The van der Waals surface area contributed by atoms with Crippen LogP contribution in [0.25, 0.3) is 0 Å². The molecule has 0 fully saturated rings. The van der Waals surface area contributed by atoms with Gasteiger partial charge in [0, 0.05) is 13.0 Å². The molecular weight excluding hydrogens is 171 g/mol. The smallest absolute Gasteiger partial charge is 0.416 e. The van der Waals surface area contributed by atoms with E-state index in [4.69, 9.17) is 0 Å². The van der Waals surface area contributed by atoms with Gasteiger partial charge in [0.05, 0.1) is 5.57 Å². The molecular formula is C7H8F3NO. The summed E-state index contributed by atoms with van der Waals surface area (Å²) in [4.78, 5) is 0. The Balaban J connectivity index is 2.85. The number of halogens is 3. The van der Waals surface area contributed by atoms with Crippen LogP contribution >= 0.6 is 0 Å². The van der Waals surface area contributed by atoms with E-state index in [-0.39, 0.29) is 17.3 Å². The summed E-state index contributed by atoms with van der Waals surface area (Å²) in [6.45, 7) is 1.25. The van der Waals surface area contributed by atoms with Crippen molar-refractivity contribution >= 4 is 0 Å². The average Bonchev–Trinajstić information content (AvgIpc) is 1.92. The van der Waals surface area contributed by atoms with Crippen LogP contribution < -0.4 is 5.06 Å². The molecule has 0 radical (unpaired) electrons. The maximum atomic E-state index is 12.0. The van der Waals surface area contributed by atoms with E-state index in [0.717, 1.165) is 12.2 Å². The zero-order valence-electron chi connectivity index (χ0n) is 6.40. The number of rotatable bonds is 0. The van der Waals surface area contributed by atoms with Crippen molar-refractivity contribution in [3.8, 4) is 0 Å². The summed E-state index contributed by atoms with van der Waals surface area (Å²) in [5.74, 6) is 0. The Kier molecular flexibility index (Phi) is 2.25. The minimum Gasteiger partial charge on any atom is -0.629 e. The predicted octanol–water partition coefficient (Wildman–Crippen LogP) is 0.775. The van der Waals surface area contributed by atoms with E-state index in [1.165, 1.54) is 6.92 Å². The molecule has 68 valence electrons. The fraction of sp³-hybridized carbons (Fsp3) is 0.429. The number of alkyl halides is 3. The van der Waals surface area contributed by atoms with Crippen molar-refractivity contribution < 1.29 is 18.2 Å². The average molecular weight is 179 g/mol. The van der Waals surface area contributed by atoms with Crippen molar-refractivity contribution in [3.63, 3.8) is 0 Å². The molecule has 0 saturated heterocycles. The Morgan fingerprint density at radius 3 is 2.50 bits per heavy atom. The molecule has 0 saturated carbocycles. The first-order chi connectivity index (χ1) is 5.41. The molecule has 12 heavy (non-hydrogen) atoms. The fourth-order valence-electron chi connectivity index (χ4n) is 0.934. The van der Waals surface area contributed by atoms with Crippen LogP contribution in [0.1, 0.15) is 6.92 Å². The van der Waals surface area contributed by atoms with Crippen molar-refractivity contribution in [2.75, 3.05) is 6.54 Å². The molecule has 1 heterocycles. The van der Waals surface area contributed by atoms with Gasteiger partial charge >= 0.3 is 6.18 Å². The summed E-state index contributed by atoms with van der Waals surface area (Å²) in [5.41, 5.74) is -0.551. The van der Waals surface area contributed by atoms with Gasteiger partial charge in [0.15, 0.2) is 0 Å². The highest BCUT2D eigenvalue weighted by Crippen LogP contribution is 2.27. The van der Waals surface area contributed by atoms with Crippen molar-refractivity contribution in [2.45, 2.75) is 13.1 Å². The van der Waals surface area contributed by atoms with Gasteiger partial charge in [-0.05, 0) is 6.08 Å². The third-order valence-electron chi connectivity index (χ3n) is 1.65. The van der Waals surface area contributed by atoms with Crippen LogP contribution in [0, 0.1) is 5.21 Å². The van der Waals surface area contributed by atoms with Crippen molar-refractivity contribution in [3.05, 3.63) is 28.6 Å². The number of nitrogens with one attached hydrogen (secondary N) is 1. The van der Waals surface area contributed by atoms with Gasteiger partial charge in [-0.2, -0.15) is 13.2 Å². The normalized spacial score (nSPS) is 24.9. The van der Waals surface area contributed by atoms with E-state index in [2.05, 4.69) is 0 Å². The standard InChI is InChI=1S/C7H8F3NO/c1-5-4-6(7(8,9)10)2-3-11(5)12/h2,4,11H,3H2,1H3. The Morgan fingerprint density at radius 1 is 1.50 bits per heavy atom. The van der Waals surface area contributed by atoms with Gasteiger partial charge in [-0.25, -0.2) is 0 Å². The maximum Gasteiger partial charge on any atom is 0.416 e. The third-order valence-corrected chi connectivity index (χ3v) is 1.65. The summed E-state index contributed by atoms with van der Waals surface area (Å²) < 4.78 is 36.1. The molecule has 0 aromatic heterocycles. The predicted molar refractivity (Wildman–Crippen MR) is 37.1 cm³/mol. The van der Waals surface area contributed by atoms with Crippen LogP contribution in [0.5, 0.6) is 0 Å². The van der Waals surface area contributed by atoms with Gasteiger partial charge in [-0.15, -0.1) is 0 Å². The molecule has 5 heteroatoms. The fourth-order valence-corrected chi connectivity index (χ4v) is 0.934. The molecule has 1 aliphatic heterocycles. The summed E-state index contributed by atoms with van der Waals surface area (Å²) in [5, 5.41) is 10.5. The lowest BCUT2D eigenvalue weighted by Gasteiger charge is -2.25. The molecule has 1 aliphatic rings. The van der Waals surface area contributed by atoms with Gasteiger partial charge in [-0.3, -0.25) is 0 Å². The molecule has 2 nitrogen and oxygen atoms in total. The van der Waals surface area contributed by atoms with E-state index in [0.29, 0.717) is 0 Å². The molecule has 0 aromatic rings. The number of hydrogen-bond donors (Lipinski definition) is 1. The lowest BCUT2D eigenvalue weighted by Crippen LogP contribution is -3.05. The Bertz CT molecular complexity index is 242. The second-order valence-corrected chi connectivity index (χ2v) is 2.61. The Morgan fingerprint density at radius 2 is 2.08 bits per heavy atom. The first-order valence-electron chi connectivity index (χ1n) is 3.40. The molecule has 0 aliphatic carbocycles. The van der Waals surface area contributed by atoms with E-state index in [9.17, 15) is 18.4 Å². The van der Waals surface area contributed by atoms with Gasteiger partial charge in [0.25, 0.3) is 0 Å². The second kappa shape index (κ2) is 2.91. The number of quaternary nitrogens is 1. The molecule has 1 unspecified atom stereocenters. The van der Waals surface area contributed by atoms with E-state index >= 15 is 0 Å². The summed E-state index contributed by atoms with van der Waals surface area (Å²) in [7, 11) is 0. The van der Waals surface area contributed by atoms with Gasteiger partial charge in [0.1, 0.15) is 12.2 Å². The highest BCUT2D eigenvalue weighted by molar-refractivity contribution is 5.26. The van der Waals surface area contributed by atoms with Crippen LogP contribution in [-0.2, 0) is 0 Å². The van der Waals surface area contributed by atoms with Gasteiger partial charge in [0.2, 0.25) is 0 Å². The summed E-state index contributed by atoms with van der Waals surface area (Å²) in [6.07, 6.45) is -2.54. The Labute approximate surface area is 67.5 Å². The SMILES string of the molecule is CC1=CC(C(F)(F)F)=CC[NH+]1[O-]. The number of hydroxylamine groups is 2. The quantitative estimate of drug-likeness (QED) is 0.546. The minimum absolute atomic E-state index is 0.142. The highest BCUT2D eigenvalue weighted by Gasteiger charge is 2.34. The van der Waals surface area contributed by atoms with E-state index in [1.54, 1.807) is 0 Å².